The largest absolute Gasteiger partial charge is 0.481 e. The summed E-state index contributed by atoms with van der Waals surface area (Å²) in [5, 5.41) is 9.02. The first-order valence-electron chi connectivity index (χ1n) is 6.30. The van der Waals surface area contributed by atoms with Gasteiger partial charge in [-0.1, -0.05) is 55.0 Å². The molecule has 1 N–H and O–H groups in total. The quantitative estimate of drug-likeness (QED) is 0.843. The van der Waals surface area contributed by atoms with E-state index in [-0.39, 0.29) is 12.3 Å². The molecule has 0 fully saturated rings. The average Bonchev–Trinajstić information content (AvgIpc) is 2.36. The molecule has 0 amide bonds. The SMILES string of the molecule is CC1=CC(c2ccccc2)=CC(C)C1(Cl)CC(=O)O. The van der Waals surface area contributed by atoms with Crippen LogP contribution in [0.25, 0.3) is 5.57 Å². The third-order valence-electron chi connectivity index (χ3n) is 3.69. The van der Waals surface area contributed by atoms with E-state index in [4.69, 9.17) is 16.7 Å². The third-order valence-corrected chi connectivity index (χ3v) is 4.47. The molecule has 3 heteroatoms. The molecule has 100 valence electrons. The second-order valence-corrected chi connectivity index (χ2v) is 5.71. The molecule has 2 nitrogen and oxygen atoms in total. The van der Waals surface area contributed by atoms with Crippen molar-refractivity contribution < 1.29 is 9.90 Å². The summed E-state index contributed by atoms with van der Waals surface area (Å²) in [6.45, 7) is 3.87. The second-order valence-electron chi connectivity index (χ2n) is 5.04. The van der Waals surface area contributed by atoms with Crippen LogP contribution in [0.4, 0.5) is 0 Å². The summed E-state index contributed by atoms with van der Waals surface area (Å²) in [5.41, 5.74) is 3.14. The van der Waals surface area contributed by atoms with Gasteiger partial charge in [0.25, 0.3) is 0 Å². The minimum atomic E-state index is -0.869. The van der Waals surface area contributed by atoms with Gasteiger partial charge < -0.3 is 5.11 Å². The van der Waals surface area contributed by atoms with Crippen LogP contribution in [0.1, 0.15) is 25.8 Å². The molecule has 1 aromatic carbocycles. The van der Waals surface area contributed by atoms with Gasteiger partial charge in [0.15, 0.2) is 0 Å². The summed E-state index contributed by atoms with van der Waals surface area (Å²) >= 11 is 6.53. The molecule has 2 atom stereocenters. The molecular formula is C16H17ClO2. The highest BCUT2D eigenvalue weighted by Crippen LogP contribution is 2.43. The summed E-state index contributed by atoms with van der Waals surface area (Å²) in [7, 11) is 0. The van der Waals surface area contributed by atoms with E-state index in [9.17, 15) is 4.79 Å². The Morgan fingerprint density at radius 1 is 1.37 bits per heavy atom. The van der Waals surface area contributed by atoms with E-state index in [0.29, 0.717) is 0 Å². The van der Waals surface area contributed by atoms with Crippen LogP contribution >= 0.6 is 11.6 Å². The number of benzene rings is 1. The molecule has 2 unspecified atom stereocenters. The van der Waals surface area contributed by atoms with Gasteiger partial charge in [0.2, 0.25) is 0 Å². The highest BCUT2D eigenvalue weighted by Gasteiger charge is 2.39. The van der Waals surface area contributed by atoms with E-state index in [0.717, 1.165) is 16.7 Å². The van der Waals surface area contributed by atoms with E-state index in [1.807, 2.05) is 50.3 Å². The van der Waals surface area contributed by atoms with Crippen LogP contribution in [0.3, 0.4) is 0 Å². The zero-order chi connectivity index (χ0) is 14.0. The Morgan fingerprint density at radius 2 is 2.00 bits per heavy atom. The Labute approximate surface area is 118 Å². The van der Waals surface area contributed by atoms with Crippen LogP contribution in [0, 0.1) is 5.92 Å². The van der Waals surface area contributed by atoms with Gasteiger partial charge in [-0.15, -0.1) is 11.6 Å². The van der Waals surface area contributed by atoms with Crippen molar-refractivity contribution >= 4 is 23.1 Å². The zero-order valence-corrected chi connectivity index (χ0v) is 11.8. The predicted molar refractivity (Wildman–Crippen MR) is 78.2 cm³/mol. The van der Waals surface area contributed by atoms with E-state index >= 15 is 0 Å². The average molecular weight is 277 g/mol. The third kappa shape index (κ3) is 2.74. The van der Waals surface area contributed by atoms with Crippen molar-refractivity contribution in [2.75, 3.05) is 0 Å². The molecule has 0 aromatic heterocycles. The van der Waals surface area contributed by atoms with Crippen molar-refractivity contribution in [1.82, 2.24) is 0 Å². The summed E-state index contributed by atoms with van der Waals surface area (Å²) < 4.78 is 0. The highest BCUT2D eigenvalue weighted by atomic mass is 35.5. The molecule has 0 bridgehead atoms. The van der Waals surface area contributed by atoms with Crippen molar-refractivity contribution in [3.8, 4) is 0 Å². The Bertz CT molecular complexity index is 545. The van der Waals surface area contributed by atoms with Crippen molar-refractivity contribution in [3.63, 3.8) is 0 Å². The Hall–Kier alpha value is -1.54. The fourth-order valence-corrected chi connectivity index (χ4v) is 2.72. The lowest BCUT2D eigenvalue weighted by molar-refractivity contribution is -0.137. The molecule has 1 aliphatic carbocycles. The molecule has 1 aliphatic rings. The number of alkyl halides is 1. The minimum Gasteiger partial charge on any atom is -0.481 e. The van der Waals surface area contributed by atoms with Crippen molar-refractivity contribution in [2.45, 2.75) is 25.1 Å². The van der Waals surface area contributed by atoms with Crippen LogP contribution in [0.2, 0.25) is 0 Å². The highest BCUT2D eigenvalue weighted by molar-refractivity contribution is 6.27. The van der Waals surface area contributed by atoms with Gasteiger partial charge in [-0.05, 0) is 24.0 Å². The number of allylic oxidation sites excluding steroid dienone is 4. The lowest BCUT2D eigenvalue weighted by atomic mass is 9.77. The maximum Gasteiger partial charge on any atom is 0.305 e. The van der Waals surface area contributed by atoms with Gasteiger partial charge in [0.05, 0.1) is 11.3 Å². The number of carbonyl (C=O) groups is 1. The monoisotopic (exact) mass is 276 g/mol. The second kappa shape index (κ2) is 5.22. The maximum atomic E-state index is 11.0. The van der Waals surface area contributed by atoms with Crippen molar-refractivity contribution in [2.24, 2.45) is 5.92 Å². The molecule has 2 rings (SSSR count). The number of hydrogen-bond acceptors (Lipinski definition) is 1. The molecule has 0 saturated carbocycles. The number of carboxylic acid groups (broad SMARTS) is 1. The molecule has 0 heterocycles. The normalized spacial score (nSPS) is 26.6. The first kappa shape index (κ1) is 13.9. The number of hydrogen-bond donors (Lipinski definition) is 1. The fourth-order valence-electron chi connectivity index (χ4n) is 2.49. The molecule has 1 aromatic rings. The van der Waals surface area contributed by atoms with Crippen LogP contribution in [0.15, 0.2) is 48.1 Å². The molecule has 0 saturated heterocycles. The molecule has 0 aliphatic heterocycles. The van der Waals surface area contributed by atoms with E-state index in [1.54, 1.807) is 0 Å². The van der Waals surface area contributed by atoms with Crippen LogP contribution in [-0.2, 0) is 4.79 Å². The number of carboxylic acids is 1. The van der Waals surface area contributed by atoms with Crippen LogP contribution < -0.4 is 0 Å². The van der Waals surface area contributed by atoms with Gasteiger partial charge in [-0.25, -0.2) is 0 Å². The van der Waals surface area contributed by atoms with E-state index < -0.39 is 10.8 Å². The van der Waals surface area contributed by atoms with E-state index in [1.165, 1.54) is 0 Å². The van der Waals surface area contributed by atoms with Gasteiger partial charge in [-0.2, -0.15) is 0 Å². The molecule has 0 radical (unpaired) electrons. The first-order chi connectivity index (χ1) is 8.93. The smallest absolute Gasteiger partial charge is 0.305 e. The summed E-state index contributed by atoms with van der Waals surface area (Å²) in [5.74, 6) is -0.892. The van der Waals surface area contributed by atoms with Gasteiger partial charge in [0, 0.05) is 0 Å². The summed E-state index contributed by atoms with van der Waals surface area (Å²) in [6.07, 6.45) is 3.99. The molecular weight excluding hydrogens is 260 g/mol. The number of halogens is 1. The zero-order valence-electron chi connectivity index (χ0n) is 11.1. The van der Waals surface area contributed by atoms with Crippen molar-refractivity contribution in [3.05, 3.63) is 53.6 Å². The Balaban J connectivity index is 2.36. The Kier molecular flexibility index (Phi) is 3.81. The fraction of sp³-hybridized carbons (Fsp3) is 0.312. The number of aliphatic carboxylic acids is 1. The maximum absolute atomic E-state index is 11.0. The van der Waals surface area contributed by atoms with Crippen molar-refractivity contribution in [1.29, 1.82) is 0 Å². The Morgan fingerprint density at radius 3 is 2.53 bits per heavy atom. The summed E-state index contributed by atoms with van der Waals surface area (Å²) in [6, 6.07) is 10.0. The van der Waals surface area contributed by atoms with Gasteiger partial charge in [0.1, 0.15) is 0 Å². The number of rotatable bonds is 3. The predicted octanol–water partition coefficient (Wildman–Crippen LogP) is 4.12. The van der Waals surface area contributed by atoms with Gasteiger partial charge in [-0.3, -0.25) is 4.79 Å². The topological polar surface area (TPSA) is 37.3 Å². The summed E-state index contributed by atoms with van der Waals surface area (Å²) in [4.78, 5) is 10.2. The van der Waals surface area contributed by atoms with E-state index in [2.05, 4.69) is 6.08 Å². The lowest BCUT2D eigenvalue weighted by Gasteiger charge is -2.35. The minimum absolute atomic E-state index is 0.0227. The first-order valence-corrected chi connectivity index (χ1v) is 6.68. The molecule has 19 heavy (non-hydrogen) atoms. The standard InChI is InChI=1S/C16H17ClO2/c1-11-8-14(13-6-4-3-5-7-13)9-12(2)16(11,17)10-15(18)19/h3-9,11H,10H2,1-2H3,(H,18,19). The van der Waals surface area contributed by atoms with Crippen LogP contribution in [0.5, 0.6) is 0 Å². The van der Waals surface area contributed by atoms with Crippen LogP contribution in [-0.4, -0.2) is 16.0 Å². The van der Waals surface area contributed by atoms with Gasteiger partial charge >= 0.3 is 5.97 Å². The molecule has 0 spiro atoms. The lowest BCUT2D eigenvalue weighted by Crippen LogP contribution is -2.35.